The van der Waals surface area contributed by atoms with Gasteiger partial charge in [0.25, 0.3) is 5.91 Å². The third kappa shape index (κ3) is 3.77. The lowest BCUT2D eigenvalue weighted by Crippen LogP contribution is -2.40. The molecule has 1 heterocycles. The third-order valence-electron chi connectivity index (χ3n) is 4.50. The lowest BCUT2D eigenvalue weighted by Gasteiger charge is -2.26. The van der Waals surface area contributed by atoms with E-state index in [9.17, 15) is 4.79 Å². The Kier molecular flexibility index (Phi) is 5.35. The number of carbonyl (C=O) groups excluding carboxylic acids is 1. The van der Waals surface area contributed by atoms with Gasteiger partial charge in [0.05, 0.1) is 13.7 Å². The van der Waals surface area contributed by atoms with E-state index in [2.05, 4.69) is 19.2 Å². The summed E-state index contributed by atoms with van der Waals surface area (Å²) in [6.07, 6.45) is -0.211. The zero-order valence-corrected chi connectivity index (χ0v) is 15.7. The fourth-order valence-electron chi connectivity index (χ4n) is 3.04. The molecule has 0 aliphatic carbocycles. The Morgan fingerprint density at radius 3 is 2.69 bits per heavy atom. The number of benzene rings is 2. The summed E-state index contributed by atoms with van der Waals surface area (Å²) in [6, 6.07) is 11.4. The number of nitrogens with one attached hydrogen (secondary N) is 1. The van der Waals surface area contributed by atoms with Crippen molar-refractivity contribution in [3.05, 3.63) is 53.1 Å². The minimum Gasteiger partial charge on any atom is -0.496 e. The summed E-state index contributed by atoms with van der Waals surface area (Å²) in [5.74, 6) is 2.41. The fourth-order valence-corrected chi connectivity index (χ4v) is 3.04. The molecule has 0 aromatic heterocycles. The number of para-hydroxylation sites is 2. The van der Waals surface area contributed by atoms with Gasteiger partial charge in [0.2, 0.25) is 0 Å². The number of amides is 1. The number of carbonyl (C=O) groups is 1. The lowest BCUT2D eigenvalue weighted by molar-refractivity contribution is 0.0789. The number of rotatable bonds is 5. The minimum atomic E-state index is -0.211. The Labute approximate surface area is 154 Å². The molecule has 0 unspecified atom stereocenters. The van der Waals surface area contributed by atoms with Gasteiger partial charge in [-0.05, 0) is 48.2 Å². The van der Waals surface area contributed by atoms with Crippen LogP contribution in [0.25, 0.3) is 0 Å². The topological polar surface area (TPSA) is 56.8 Å². The standard InChI is InChI=1S/C21H25NO4/c1-13(2)16-10-17(14(3)9-20(16)24-4)21(23)22-11-15-12-25-18-7-5-6-8-19(18)26-15/h5-10,13,15H,11-12H2,1-4H3,(H,22,23)/t15-/m1/s1. The van der Waals surface area contributed by atoms with Crippen molar-refractivity contribution in [2.45, 2.75) is 32.8 Å². The molecular formula is C21H25NO4. The highest BCUT2D eigenvalue weighted by atomic mass is 16.6. The molecule has 138 valence electrons. The number of fused-ring (bicyclic) bond motifs is 1. The van der Waals surface area contributed by atoms with E-state index in [1.165, 1.54) is 0 Å². The molecule has 3 rings (SSSR count). The van der Waals surface area contributed by atoms with E-state index in [-0.39, 0.29) is 17.9 Å². The Morgan fingerprint density at radius 1 is 1.27 bits per heavy atom. The van der Waals surface area contributed by atoms with Gasteiger partial charge in [-0.1, -0.05) is 26.0 Å². The van der Waals surface area contributed by atoms with E-state index in [0.29, 0.717) is 24.5 Å². The largest absolute Gasteiger partial charge is 0.496 e. The molecule has 0 spiro atoms. The number of hydrogen-bond acceptors (Lipinski definition) is 4. The summed E-state index contributed by atoms with van der Waals surface area (Å²) in [4.78, 5) is 12.7. The molecule has 5 nitrogen and oxygen atoms in total. The van der Waals surface area contributed by atoms with Gasteiger partial charge >= 0.3 is 0 Å². The molecule has 0 saturated heterocycles. The first-order valence-electron chi connectivity index (χ1n) is 8.84. The summed E-state index contributed by atoms with van der Waals surface area (Å²) in [6.45, 7) is 6.88. The molecule has 5 heteroatoms. The van der Waals surface area contributed by atoms with Crippen molar-refractivity contribution in [3.63, 3.8) is 0 Å². The quantitative estimate of drug-likeness (QED) is 0.889. The molecule has 0 radical (unpaired) electrons. The van der Waals surface area contributed by atoms with Crippen LogP contribution in [0.4, 0.5) is 0 Å². The summed E-state index contributed by atoms with van der Waals surface area (Å²) < 4.78 is 17.0. The molecule has 1 aliphatic heterocycles. The second kappa shape index (κ2) is 7.68. The van der Waals surface area contributed by atoms with Gasteiger partial charge in [-0.25, -0.2) is 0 Å². The maximum Gasteiger partial charge on any atom is 0.251 e. The van der Waals surface area contributed by atoms with Crippen LogP contribution in [0, 0.1) is 6.92 Å². The molecule has 2 aromatic carbocycles. The predicted molar refractivity (Wildman–Crippen MR) is 101 cm³/mol. The van der Waals surface area contributed by atoms with Gasteiger partial charge < -0.3 is 19.5 Å². The van der Waals surface area contributed by atoms with Crippen LogP contribution < -0.4 is 19.5 Å². The van der Waals surface area contributed by atoms with Crippen LogP contribution in [0.15, 0.2) is 36.4 Å². The van der Waals surface area contributed by atoms with Crippen molar-refractivity contribution in [1.82, 2.24) is 5.32 Å². The smallest absolute Gasteiger partial charge is 0.251 e. The van der Waals surface area contributed by atoms with Crippen molar-refractivity contribution in [1.29, 1.82) is 0 Å². The SMILES string of the molecule is COc1cc(C)c(C(=O)NC[C@@H]2COc3ccccc3O2)cc1C(C)C. The van der Waals surface area contributed by atoms with E-state index < -0.39 is 0 Å². The highest BCUT2D eigenvalue weighted by Gasteiger charge is 2.22. The van der Waals surface area contributed by atoms with E-state index >= 15 is 0 Å². The maximum atomic E-state index is 12.7. The average Bonchev–Trinajstić information content (AvgIpc) is 2.65. The van der Waals surface area contributed by atoms with Crippen molar-refractivity contribution >= 4 is 5.91 Å². The van der Waals surface area contributed by atoms with E-state index in [4.69, 9.17) is 14.2 Å². The first kappa shape index (κ1) is 18.1. The van der Waals surface area contributed by atoms with Gasteiger partial charge in [-0.15, -0.1) is 0 Å². The average molecular weight is 355 g/mol. The molecule has 1 atom stereocenters. The molecule has 1 aliphatic rings. The lowest BCUT2D eigenvalue weighted by atomic mass is 9.96. The number of hydrogen-bond donors (Lipinski definition) is 1. The molecule has 1 amide bonds. The van der Waals surface area contributed by atoms with Gasteiger partial charge in [0, 0.05) is 5.56 Å². The van der Waals surface area contributed by atoms with Crippen LogP contribution in [-0.2, 0) is 0 Å². The summed E-state index contributed by atoms with van der Waals surface area (Å²) in [7, 11) is 1.65. The van der Waals surface area contributed by atoms with E-state index in [1.54, 1.807) is 7.11 Å². The van der Waals surface area contributed by atoms with Crippen LogP contribution in [-0.4, -0.2) is 32.3 Å². The number of ether oxygens (including phenoxy) is 3. The van der Waals surface area contributed by atoms with Crippen molar-refractivity contribution in [2.24, 2.45) is 0 Å². The van der Waals surface area contributed by atoms with Crippen LogP contribution in [0.1, 0.15) is 41.3 Å². The maximum absolute atomic E-state index is 12.7. The molecule has 0 bridgehead atoms. The molecule has 0 fully saturated rings. The van der Waals surface area contributed by atoms with Gasteiger partial charge in [-0.3, -0.25) is 4.79 Å². The van der Waals surface area contributed by atoms with Gasteiger partial charge in [-0.2, -0.15) is 0 Å². The van der Waals surface area contributed by atoms with E-state index in [0.717, 1.165) is 22.6 Å². The fraction of sp³-hybridized carbons (Fsp3) is 0.381. The number of methoxy groups -OCH3 is 1. The molecule has 0 saturated carbocycles. The molecule has 26 heavy (non-hydrogen) atoms. The first-order chi connectivity index (χ1) is 12.5. The third-order valence-corrected chi connectivity index (χ3v) is 4.50. The highest BCUT2D eigenvalue weighted by molar-refractivity contribution is 5.96. The zero-order valence-electron chi connectivity index (χ0n) is 15.7. The van der Waals surface area contributed by atoms with Crippen LogP contribution >= 0.6 is 0 Å². The zero-order chi connectivity index (χ0) is 18.7. The van der Waals surface area contributed by atoms with E-state index in [1.807, 2.05) is 43.3 Å². The Morgan fingerprint density at radius 2 is 2.00 bits per heavy atom. The van der Waals surface area contributed by atoms with Crippen LogP contribution in [0.5, 0.6) is 17.2 Å². The number of aryl methyl sites for hydroxylation is 1. The van der Waals surface area contributed by atoms with Crippen LogP contribution in [0.2, 0.25) is 0 Å². The monoisotopic (exact) mass is 355 g/mol. The Bertz CT molecular complexity index is 801. The van der Waals surface area contributed by atoms with Gasteiger partial charge in [0.1, 0.15) is 18.5 Å². The van der Waals surface area contributed by atoms with Crippen molar-refractivity contribution < 1.29 is 19.0 Å². The van der Waals surface area contributed by atoms with Crippen LogP contribution in [0.3, 0.4) is 0 Å². The molecular weight excluding hydrogens is 330 g/mol. The summed E-state index contributed by atoms with van der Waals surface area (Å²) in [5.41, 5.74) is 2.57. The van der Waals surface area contributed by atoms with Gasteiger partial charge in [0.15, 0.2) is 11.5 Å². The Balaban J connectivity index is 1.68. The predicted octanol–water partition coefficient (Wildman–Crippen LogP) is 3.70. The Hall–Kier alpha value is -2.69. The molecule has 2 aromatic rings. The highest BCUT2D eigenvalue weighted by Crippen LogP contribution is 2.31. The first-order valence-corrected chi connectivity index (χ1v) is 8.84. The van der Waals surface area contributed by atoms with Crippen molar-refractivity contribution in [3.8, 4) is 17.2 Å². The second-order valence-corrected chi connectivity index (χ2v) is 6.77. The minimum absolute atomic E-state index is 0.116. The second-order valence-electron chi connectivity index (χ2n) is 6.77. The molecule has 1 N–H and O–H groups in total. The normalized spacial score (nSPS) is 15.7. The summed E-state index contributed by atoms with van der Waals surface area (Å²) in [5, 5.41) is 2.96. The summed E-state index contributed by atoms with van der Waals surface area (Å²) >= 11 is 0. The van der Waals surface area contributed by atoms with Crippen molar-refractivity contribution in [2.75, 3.05) is 20.3 Å².